The van der Waals surface area contributed by atoms with Crippen LogP contribution in [0.4, 0.5) is 0 Å². The fraction of sp³-hybridized carbons (Fsp3) is 0.576. The van der Waals surface area contributed by atoms with Gasteiger partial charge in [-0.15, -0.1) is 13.2 Å². The molecule has 10 nitrogen and oxygen atoms in total. The number of nitrogens with one attached hydrogen (secondary N) is 1. The molecule has 0 saturated carbocycles. The summed E-state index contributed by atoms with van der Waals surface area (Å²) in [7, 11) is 0. The SMILES string of the molecule is C=CCCC(=O)NC[C@H](C)OC(=O)[C@@H]1[C@H]2O[C@@]3(CC2Br)[C@H](C(=O)N(CC=C)CCCC)N([C@H](CO)c2ccccc2)C(=O)[C@@H]13. The molecule has 3 saturated heterocycles. The average Bonchev–Trinajstić information content (AvgIpc) is 3.61. The fourth-order valence-electron chi connectivity index (χ4n) is 6.85. The van der Waals surface area contributed by atoms with Gasteiger partial charge in [0.25, 0.3) is 0 Å². The molecule has 0 aliphatic carbocycles. The summed E-state index contributed by atoms with van der Waals surface area (Å²) in [4.78, 5) is 57.7. The van der Waals surface area contributed by atoms with Gasteiger partial charge in [-0.2, -0.15) is 0 Å². The van der Waals surface area contributed by atoms with Crippen LogP contribution in [0.3, 0.4) is 0 Å². The highest BCUT2D eigenvalue weighted by Crippen LogP contribution is 2.61. The van der Waals surface area contributed by atoms with Crippen LogP contribution in [0, 0.1) is 11.8 Å². The van der Waals surface area contributed by atoms with Crippen LogP contribution in [-0.2, 0) is 28.7 Å². The Labute approximate surface area is 267 Å². The average molecular weight is 675 g/mol. The number of nitrogens with zero attached hydrogens (tertiary/aromatic N) is 2. The lowest BCUT2D eigenvalue weighted by atomic mass is 9.70. The number of fused-ring (bicyclic) bond motifs is 1. The number of amides is 3. The van der Waals surface area contributed by atoms with E-state index in [0.29, 0.717) is 24.9 Å². The van der Waals surface area contributed by atoms with Crippen molar-refractivity contribution >= 4 is 39.6 Å². The molecule has 8 atom stereocenters. The second kappa shape index (κ2) is 14.8. The lowest BCUT2D eigenvalue weighted by molar-refractivity contribution is -0.160. The molecule has 0 aromatic heterocycles. The van der Waals surface area contributed by atoms with Crippen molar-refractivity contribution in [3.8, 4) is 0 Å². The minimum absolute atomic E-state index is 0.114. The lowest BCUT2D eigenvalue weighted by Crippen LogP contribution is -2.57. The fourth-order valence-corrected chi connectivity index (χ4v) is 7.79. The predicted octanol–water partition coefficient (Wildman–Crippen LogP) is 3.30. The molecule has 11 heteroatoms. The molecule has 4 rings (SSSR count). The Kier molecular flexibility index (Phi) is 11.4. The highest BCUT2D eigenvalue weighted by molar-refractivity contribution is 9.09. The van der Waals surface area contributed by atoms with Crippen LogP contribution in [0.15, 0.2) is 55.6 Å². The number of allylic oxidation sites excluding steroid dienone is 1. The molecule has 3 aliphatic rings. The van der Waals surface area contributed by atoms with E-state index in [1.54, 1.807) is 24.0 Å². The number of hydrogen-bond acceptors (Lipinski definition) is 7. The molecule has 3 aliphatic heterocycles. The Balaban J connectivity index is 1.69. The largest absolute Gasteiger partial charge is 0.460 e. The van der Waals surface area contributed by atoms with Crippen molar-refractivity contribution in [3.05, 3.63) is 61.2 Å². The van der Waals surface area contributed by atoms with E-state index in [1.807, 2.05) is 37.3 Å². The number of esters is 1. The van der Waals surface area contributed by atoms with Gasteiger partial charge < -0.3 is 29.7 Å². The van der Waals surface area contributed by atoms with Crippen molar-refractivity contribution in [2.75, 3.05) is 26.2 Å². The first kappa shape index (κ1) is 33.9. The number of carbonyl (C=O) groups is 4. The van der Waals surface area contributed by atoms with Gasteiger partial charge in [-0.3, -0.25) is 19.2 Å². The third kappa shape index (κ3) is 6.50. The number of rotatable bonds is 16. The van der Waals surface area contributed by atoms with E-state index < -0.39 is 60.2 Å². The molecule has 2 bridgehead atoms. The second-order valence-electron chi connectivity index (χ2n) is 11.8. The second-order valence-corrected chi connectivity index (χ2v) is 13.0. The van der Waals surface area contributed by atoms with Crippen LogP contribution >= 0.6 is 15.9 Å². The number of unbranched alkanes of at least 4 members (excludes halogenated alkanes) is 1. The van der Waals surface area contributed by atoms with Crippen molar-refractivity contribution in [1.82, 2.24) is 15.1 Å². The summed E-state index contributed by atoms with van der Waals surface area (Å²) in [6.45, 7) is 11.6. The molecule has 1 aromatic carbocycles. The maximum Gasteiger partial charge on any atom is 0.312 e. The topological polar surface area (TPSA) is 125 Å². The molecule has 1 spiro atoms. The number of aliphatic hydroxyl groups excluding tert-OH is 1. The van der Waals surface area contributed by atoms with Crippen LogP contribution < -0.4 is 5.32 Å². The van der Waals surface area contributed by atoms with E-state index in [2.05, 4.69) is 34.4 Å². The summed E-state index contributed by atoms with van der Waals surface area (Å²) in [5, 5.41) is 13.4. The van der Waals surface area contributed by atoms with Gasteiger partial charge in [0.15, 0.2) is 0 Å². The van der Waals surface area contributed by atoms with Gasteiger partial charge in [-0.05, 0) is 31.7 Å². The molecule has 240 valence electrons. The van der Waals surface area contributed by atoms with E-state index in [0.717, 1.165) is 12.8 Å². The molecular weight excluding hydrogens is 630 g/mol. The number of carbonyl (C=O) groups excluding carboxylic acids is 4. The molecule has 3 fully saturated rings. The number of benzene rings is 1. The van der Waals surface area contributed by atoms with Gasteiger partial charge in [-0.1, -0.05) is 71.8 Å². The molecule has 1 aromatic rings. The quantitative estimate of drug-likeness (QED) is 0.157. The minimum atomic E-state index is -1.30. The number of ether oxygens (including phenoxy) is 2. The third-order valence-electron chi connectivity index (χ3n) is 8.85. The molecule has 1 unspecified atom stereocenters. The van der Waals surface area contributed by atoms with Crippen molar-refractivity contribution in [3.63, 3.8) is 0 Å². The first-order chi connectivity index (χ1) is 21.1. The smallest absolute Gasteiger partial charge is 0.312 e. The van der Waals surface area contributed by atoms with Gasteiger partial charge in [0.05, 0.1) is 37.1 Å². The van der Waals surface area contributed by atoms with Crippen LogP contribution in [0.25, 0.3) is 0 Å². The summed E-state index contributed by atoms with van der Waals surface area (Å²) in [6.07, 6.45) is 4.76. The first-order valence-corrected chi connectivity index (χ1v) is 16.3. The van der Waals surface area contributed by atoms with Gasteiger partial charge in [0.2, 0.25) is 17.7 Å². The summed E-state index contributed by atoms with van der Waals surface area (Å²) >= 11 is 3.68. The zero-order valence-corrected chi connectivity index (χ0v) is 27.1. The van der Waals surface area contributed by atoms with Gasteiger partial charge in [0.1, 0.15) is 17.7 Å². The number of likely N-dealkylation sites (tertiary alicyclic amines) is 1. The molecule has 0 radical (unpaired) electrons. The maximum absolute atomic E-state index is 14.5. The Hall–Kier alpha value is -3.02. The van der Waals surface area contributed by atoms with E-state index in [9.17, 15) is 24.3 Å². The number of halogens is 1. The van der Waals surface area contributed by atoms with Crippen molar-refractivity contribution < 1.29 is 33.8 Å². The van der Waals surface area contributed by atoms with E-state index in [-0.39, 0.29) is 36.2 Å². The van der Waals surface area contributed by atoms with Crippen LogP contribution in [0.5, 0.6) is 0 Å². The zero-order chi connectivity index (χ0) is 32.0. The van der Waals surface area contributed by atoms with Gasteiger partial charge >= 0.3 is 5.97 Å². The Morgan fingerprint density at radius 2 is 2.00 bits per heavy atom. The lowest BCUT2D eigenvalue weighted by Gasteiger charge is -2.39. The number of alkyl halides is 1. The van der Waals surface area contributed by atoms with E-state index in [1.165, 1.54) is 4.90 Å². The van der Waals surface area contributed by atoms with Gasteiger partial charge in [-0.25, -0.2) is 0 Å². The maximum atomic E-state index is 14.5. The first-order valence-electron chi connectivity index (χ1n) is 15.4. The Morgan fingerprint density at radius 3 is 2.64 bits per heavy atom. The molecular formula is C33H44BrN3O7. The highest BCUT2D eigenvalue weighted by Gasteiger charge is 2.77. The Morgan fingerprint density at radius 1 is 1.27 bits per heavy atom. The predicted molar refractivity (Wildman–Crippen MR) is 168 cm³/mol. The number of aliphatic hydroxyl groups is 1. The molecule has 3 heterocycles. The summed E-state index contributed by atoms with van der Waals surface area (Å²) in [6, 6.07) is 7.18. The molecule has 3 amide bonds. The number of hydrogen-bond donors (Lipinski definition) is 2. The highest BCUT2D eigenvalue weighted by atomic mass is 79.9. The molecule has 2 N–H and O–H groups in total. The molecule has 44 heavy (non-hydrogen) atoms. The van der Waals surface area contributed by atoms with Crippen LogP contribution in [-0.4, -0.2) is 93.5 Å². The van der Waals surface area contributed by atoms with Crippen molar-refractivity contribution in [2.24, 2.45) is 11.8 Å². The van der Waals surface area contributed by atoms with Crippen molar-refractivity contribution in [2.45, 2.75) is 80.7 Å². The van der Waals surface area contributed by atoms with E-state index in [4.69, 9.17) is 9.47 Å². The van der Waals surface area contributed by atoms with Crippen LogP contribution in [0.2, 0.25) is 0 Å². The van der Waals surface area contributed by atoms with Crippen molar-refractivity contribution in [1.29, 1.82) is 0 Å². The standard InChI is InChI=1S/C33H44BrN3O7/c1-5-8-15-25(39)35-19-21(4)43-32(42)26-27-30(40)37(24(20-38)22-13-11-10-12-14-22)29(33(27)18-23(34)28(26)44-33)31(41)36(16-7-3)17-9-6-2/h5,7,10-14,21,23-24,26-29,38H,1,3,6,8-9,15-20H2,2,4H3,(H,35,39)/t21-,23?,24+,26-,27+,28-,29-,33+/m0/s1. The summed E-state index contributed by atoms with van der Waals surface area (Å²) in [5.41, 5.74) is -0.627. The monoisotopic (exact) mass is 673 g/mol. The zero-order valence-electron chi connectivity index (χ0n) is 25.5. The normalized spacial score (nSPS) is 28.2. The summed E-state index contributed by atoms with van der Waals surface area (Å²) < 4.78 is 12.4. The van der Waals surface area contributed by atoms with Gasteiger partial charge in [0, 0.05) is 24.3 Å². The minimum Gasteiger partial charge on any atom is -0.460 e. The Bertz CT molecular complexity index is 1230. The van der Waals surface area contributed by atoms with Crippen LogP contribution in [0.1, 0.15) is 57.6 Å². The third-order valence-corrected chi connectivity index (χ3v) is 9.69. The van der Waals surface area contributed by atoms with E-state index >= 15 is 0 Å². The summed E-state index contributed by atoms with van der Waals surface area (Å²) in [5.74, 6) is -3.47.